The first kappa shape index (κ1) is 9.98. The molecule has 0 saturated heterocycles. The van der Waals surface area contributed by atoms with Crippen LogP contribution >= 0.6 is 11.3 Å². The third-order valence-electron chi connectivity index (χ3n) is 2.03. The van der Waals surface area contributed by atoms with Crippen molar-refractivity contribution in [2.45, 2.75) is 13.8 Å². The van der Waals surface area contributed by atoms with Gasteiger partial charge in [0.15, 0.2) is 0 Å². The van der Waals surface area contributed by atoms with E-state index in [0.29, 0.717) is 10.2 Å². The highest BCUT2D eigenvalue weighted by Crippen LogP contribution is 2.29. The first-order chi connectivity index (χ1) is 7.15. The highest BCUT2D eigenvalue weighted by molar-refractivity contribution is 7.17. The second-order valence-electron chi connectivity index (χ2n) is 3.40. The quantitative estimate of drug-likeness (QED) is 0.845. The van der Waals surface area contributed by atoms with Crippen LogP contribution in [-0.4, -0.2) is 4.98 Å². The van der Waals surface area contributed by atoms with Crippen molar-refractivity contribution >= 4 is 16.3 Å². The summed E-state index contributed by atoms with van der Waals surface area (Å²) in [6.07, 6.45) is 1.60. The molecule has 0 atom stereocenters. The maximum Gasteiger partial charge on any atom is 0.280 e. The number of ether oxygens (including phenoxy) is 1. The number of thiazole rings is 1. The molecule has 2 aromatic rings. The molecule has 0 amide bonds. The van der Waals surface area contributed by atoms with E-state index in [2.05, 4.69) is 18.0 Å². The van der Waals surface area contributed by atoms with Crippen molar-refractivity contribution in [3.8, 4) is 10.9 Å². The summed E-state index contributed by atoms with van der Waals surface area (Å²) in [5.74, 6) is 0.829. The minimum atomic E-state index is 0.583. The highest BCUT2D eigenvalue weighted by atomic mass is 32.1. The Kier molecular flexibility index (Phi) is 2.60. The number of nitrogens with zero attached hydrogens (tertiary/aromatic N) is 1. The van der Waals surface area contributed by atoms with Crippen LogP contribution in [0.2, 0.25) is 0 Å². The number of aryl methyl sites for hydroxylation is 2. The lowest BCUT2D eigenvalue weighted by Crippen LogP contribution is -1.87. The molecule has 2 rings (SSSR count). The first-order valence-corrected chi connectivity index (χ1v) is 5.43. The number of benzene rings is 1. The predicted octanol–water partition coefficient (Wildman–Crippen LogP) is 3.13. The second kappa shape index (κ2) is 3.90. The molecular formula is C11H12N2OS. The van der Waals surface area contributed by atoms with E-state index in [1.54, 1.807) is 6.20 Å². The van der Waals surface area contributed by atoms with Crippen molar-refractivity contribution in [3.63, 3.8) is 0 Å². The lowest BCUT2D eigenvalue weighted by atomic mass is 10.1. The van der Waals surface area contributed by atoms with Gasteiger partial charge in [0, 0.05) is 0 Å². The predicted molar refractivity (Wildman–Crippen MR) is 62.5 cm³/mol. The summed E-state index contributed by atoms with van der Waals surface area (Å²) in [6.45, 7) is 4.07. The number of nitrogen functional groups attached to an aromatic ring is 1. The Morgan fingerprint density at radius 1 is 1.33 bits per heavy atom. The zero-order valence-corrected chi connectivity index (χ0v) is 9.47. The van der Waals surface area contributed by atoms with Crippen LogP contribution in [0.5, 0.6) is 10.9 Å². The van der Waals surface area contributed by atoms with Gasteiger partial charge in [-0.1, -0.05) is 29.0 Å². The molecule has 0 saturated carbocycles. The van der Waals surface area contributed by atoms with E-state index < -0.39 is 0 Å². The molecule has 0 aliphatic carbocycles. The third-order valence-corrected chi connectivity index (χ3v) is 2.73. The molecule has 3 nitrogen and oxygen atoms in total. The maximum absolute atomic E-state index is 5.61. The van der Waals surface area contributed by atoms with E-state index in [0.717, 1.165) is 11.3 Å². The molecule has 0 radical (unpaired) electrons. The minimum absolute atomic E-state index is 0.583. The van der Waals surface area contributed by atoms with Gasteiger partial charge >= 0.3 is 0 Å². The van der Waals surface area contributed by atoms with Crippen LogP contribution < -0.4 is 10.5 Å². The molecule has 0 aliphatic heterocycles. The molecule has 0 aliphatic rings. The summed E-state index contributed by atoms with van der Waals surface area (Å²) in [5.41, 5.74) is 7.89. The van der Waals surface area contributed by atoms with Crippen LogP contribution in [0.4, 0.5) is 5.00 Å². The molecule has 2 N–H and O–H groups in total. The van der Waals surface area contributed by atoms with Crippen molar-refractivity contribution in [1.29, 1.82) is 0 Å². The van der Waals surface area contributed by atoms with Crippen molar-refractivity contribution in [2.75, 3.05) is 5.73 Å². The van der Waals surface area contributed by atoms with Crippen LogP contribution in [0.3, 0.4) is 0 Å². The summed E-state index contributed by atoms with van der Waals surface area (Å²) in [6, 6.07) is 6.04. The van der Waals surface area contributed by atoms with Gasteiger partial charge in [0.2, 0.25) is 0 Å². The van der Waals surface area contributed by atoms with Gasteiger partial charge in [-0.15, -0.1) is 0 Å². The molecule has 15 heavy (non-hydrogen) atoms. The number of aromatic nitrogens is 1. The Balaban J connectivity index is 2.24. The van der Waals surface area contributed by atoms with Gasteiger partial charge in [0.05, 0.1) is 6.20 Å². The summed E-state index contributed by atoms with van der Waals surface area (Å²) >= 11 is 1.34. The van der Waals surface area contributed by atoms with Crippen LogP contribution in [0, 0.1) is 13.8 Å². The van der Waals surface area contributed by atoms with E-state index >= 15 is 0 Å². The Hall–Kier alpha value is -1.55. The summed E-state index contributed by atoms with van der Waals surface area (Å²) in [4.78, 5) is 4.05. The van der Waals surface area contributed by atoms with E-state index in [4.69, 9.17) is 10.5 Å². The largest absolute Gasteiger partial charge is 0.431 e. The van der Waals surface area contributed by atoms with Crippen LogP contribution in [0.1, 0.15) is 11.1 Å². The van der Waals surface area contributed by atoms with Gasteiger partial charge in [0.1, 0.15) is 10.8 Å². The number of hydrogen-bond acceptors (Lipinski definition) is 4. The molecule has 1 heterocycles. The number of anilines is 1. The number of rotatable bonds is 2. The maximum atomic E-state index is 5.61. The van der Waals surface area contributed by atoms with Crippen molar-refractivity contribution in [1.82, 2.24) is 4.98 Å². The van der Waals surface area contributed by atoms with Gasteiger partial charge in [-0.25, -0.2) is 4.98 Å². The molecular weight excluding hydrogens is 208 g/mol. The average molecular weight is 220 g/mol. The smallest absolute Gasteiger partial charge is 0.280 e. The van der Waals surface area contributed by atoms with E-state index in [9.17, 15) is 0 Å². The summed E-state index contributed by atoms with van der Waals surface area (Å²) in [5, 5.41) is 1.24. The Labute approximate surface area is 92.5 Å². The Morgan fingerprint density at radius 3 is 2.73 bits per heavy atom. The molecule has 0 unspecified atom stereocenters. The van der Waals surface area contributed by atoms with Crippen LogP contribution in [0.25, 0.3) is 0 Å². The lowest BCUT2D eigenvalue weighted by molar-refractivity contribution is 0.475. The monoisotopic (exact) mass is 220 g/mol. The minimum Gasteiger partial charge on any atom is -0.431 e. The fourth-order valence-corrected chi connectivity index (χ4v) is 1.87. The topological polar surface area (TPSA) is 48.1 Å². The number of hydrogen-bond donors (Lipinski definition) is 1. The Morgan fingerprint density at radius 2 is 2.13 bits per heavy atom. The fraction of sp³-hybridized carbons (Fsp3) is 0.182. The van der Waals surface area contributed by atoms with E-state index in [1.165, 1.54) is 16.9 Å². The van der Waals surface area contributed by atoms with Gasteiger partial charge < -0.3 is 10.5 Å². The van der Waals surface area contributed by atoms with Crippen molar-refractivity contribution in [2.24, 2.45) is 0 Å². The van der Waals surface area contributed by atoms with Gasteiger partial charge in [-0.3, -0.25) is 0 Å². The fourth-order valence-electron chi connectivity index (χ4n) is 1.32. The number of nitrogens with two attached hydrogens (primary N) is 1. The summed E-state index contributed by atoms with van der Waals surface area (Å²) < 4.78 is 5.61. The molecule has 0 bridgehead atoms. The zero-order valence-electron chi connectivity index (χ0n) is 8.65. The molecule has 0 spiro atoms. The average Bonchev–Trinajstić information content (AvgIpc) is 2.56. The molecule has 1 aromatic carbocycles. The highest BCUT2D eigenvalue weighted by Gasteiger charge is 2.04. The first-order valence-electron chi connectivity index (χ1n) is 4.61. The third kappa shape index (κ3) is 2.27. The van der Waals surface area contributed by atoms with E-state index in [-0.39, 0.29) is 0 Å². The molecule has 0 fully saturated rings. The Bertz CT molecular complexity index is 479. The van der Waals surface area contributed by atoms with Crippen molar-refractivity contribution in [3.05, 3.63) is 35.5 Å². The molecule has 78 valence electrons. The lowest BCUT2D eigenvalue weighted by Gasteiger charge is -2.05. The normalized spacial score (nSPS) is 10.3. The molecule has 4 heteroatoms. The standard InChI is InChI=1S/C11H12N2OS/c1-7-3-4-9(8(2)5-7)14-11-13-6-10(12)15-11/h3-6H,12H2,1-2H3. The molecule has 1 aromatic heterocycles. The van der Waals surface area contributed by atoms with Crippen LogP contribution in [-0.2, 0) is 0 Å². The van der Waals surface area contributed by atoms with E-state index in [1.807, 2.05) is 19.1 Å². The van der Waals surface area contributed by atoms with Crippen LogP contribution in [0.15, 0.2) is 24.4 Å². The van der Waals surface area contributed by atoms with Gasteiger partial charge in [-0.2, -0.15) is 0 Å². The zero-order chi connectivity index (χ0) is 10.8. The van der Waals surface area contributed by atoms with Gasteiger partial charge in [0.25, 0.3) is 5.19 Å². The van der Waals surface area contributed by atoms with Gasteiger partial charge in [-0.05, 0) is 25.5 Å². The second-order valence-corrected chi connectivity index (χ2v) is 4.42. The summed E-state index contributed by atoms with van der Waals surface area (Å²) in [7, 11) is 0. The van der Waals surface area contributed by atoms with Crippen molar-refractivity contribution < 1.29 is 4.74 Å². The SMILES string of the molecule is Cc1ccc(Oc2ncc(N)s2)c(C)c1.